The van der Waals surface area contributed by atoms with Crippen LogP contribution in [0.25, 0.3) is 11.3 Å². The quantitative estimate of drug-likeness (QED) is 0.464. The van der Waals surface area contributed by atoms with Gasteiger partial charge in [-0.1, -0.05) is 6.07 Å². The Bertz CT molecular complexity index is 879. The number of benzene rings is 1. The Hall–Kier alpha value is -3.29. The largest absolute Gasteiger partial charge is 0.322 e. The Labute approximate surface area is 123 Å². The lowest BCUT2D eigenvalue weighted by Crippen LogP contribution is -2.43. The fourth-order valence-electron chi connectivity index (χ4n) is 3.06. The first-order valence-electron chi connectivity index (χ1n) is 6.42. The fourth-order valence-corrected chi connectivity index (χ4v) is 3.06. The minimum atomic E-state index is -1.46. The number of pyridine rings is 1. The molecule has 4 rings (SSSR count). The molecule has 0 radical (unpaired) electrons. The molecular weight excluding hydrogens is 288 g/mol. The molecule has 1 aliphatic carbocycles. The van der Waals surface area contributed by atoms with E-state index in [-0.39, 0.29) is 5.69 Å². The fraction of sp³-hybridized carbons (Fsp3) is 0.0714. The number of non-ortho nitro benzene ring substituents is 1. The standard InChI is InChI=1S/C14H8N4O4/c19-12-14(17-13(20)16-12)9-2-1-5-15-11(9)8-4-3-7(18(21)22)6-10(8)14/h1-6H,(H2,16,17,19,20). The normalized spacial score (nSPS) is 21.3. The molecule has 2 N–H and O–H groups in total. The van der Waals surface area contributed by atoms with Crippen molar-refractivity contribution in [3.05, 3.63) is 57.8 Å². The highest BCUT2D eigenvalue weighted by atomic mass is 16.6. The van der Waals surface area contributed by atoms with Crippen LogP contribution in [0.4, 0.5) is 10.5 Å². The summed E-state index contributed by atoms with van der Waals surface area (Å²) in [6, 6.07) is 6.90. The lowest BCUT2D eigenvalue weighted by molar-refractivity contribution is -0.384. The van der Waals surface area contributed by atoms with Gasteiger partial charge in [-0.25, -0.2) is 4.79 Å². The van der Waals surface area contributed by atoms with Crippen LogP contribution in [0.3, 0.4) is 0 Å². The van der Waals surface area contributed by atoms with Gasteiger partial charge in [0.25, 0.3) is 11.6 Å². The third-order valence-electron chi connectivity index (χ3n) is 3.95. The van der Waals surface area contributed by atoms with E-state index in [2.05, 4.69) is 15.6 Å². The van der Waals surface area contributed by atoms with Crippen molar-refractivity contribution in [3.63, 3.8) is 0 Å². The first kappa shape index (κ1) is 12.5. The zero-order valence-corrected chi connectivity index (χ0v) is 11.0. The summed E-state index contributed by atoms with van der Waals surface area (Å²) in [5.41, 5.74) is 0.387. The topological polar surface area (TPSA) is 114 Å². The predicted molar refractivity (Wildman–Crippen MR) is 73.8 cm³/mol. The Morgan fingerprint density at radius 2 is 2.00 bits per heavy atom. The van der Waals surface area contributed by atoms with Crippen molar-refractivity contribution in [2.75, 3.05) is 0 Å². The molecule has 108 valence electrons. The Balaban J connectivity index is 2.08. The second-order valence-corrected chi connectivity index (χ2v) is 5.04. The summed E-state index contributed by atoms with van der Waals surface area (Å²) in [6.45, 7) is 0. The van der Waals surface area contributed by atoms with Crippen LogP contribution in [0.15, 0.2) is 36.5 Å². The van der Waals surface area contributed by atoms with E-state index in [1.807, 2.05) is 0 Å². The van der Waals surface area contributed by atoms with E-state index in [1.54, 1.807) is 24.4 Å². The molecule has 3 amide bonds. The van der Waals surface area contributed by atoms with Crippen LogP contribution in [-0.2, 0) is 10.3 Å². The first-order chi connectivity index (χ1) is 10.5. The second kappa shape index (κ2) is 3.88. The molecule has 22 heavy (non-hydrogen) atoms. The van der Waals surface area contributed by atoms with E-state index >= 15 is 0 Å². The summed E-state index contributed by atoms with van der Waals surface area (Å²) in [7, 11) is 0. The van der Waals surface area contributed by atoms with E-state index in [1.165, 1.54) is 12.1 Å². The Morgan fingerprint density at radius 1 is 1.18 bits per heavy atom. The monoisotopic (exact) mass is 296 g/mol. The van der Waals surface area contributed by atoms with Crippen molar-refractivity contribution in [2.45, 2.75) is 5.54 Å². The number of nitro groups is 1. The van der Waals surface area contributed by atoms with Gasteiger partial charge in [0.1, 0.15) is 0 Å². The lowest BCUT2D eigenvalue weighted by Gasteiger charge is -2.22. The van der Waals surface area contributed by atoms with Crippen LogP contribution in [-0.4, -0.2) is 21.8 Å². The van der Waals surface area contributed by atoms with Crippen LogP contribution in [0.2, 0.25) is 0 Å². The molecule has 1 unspecified atom stereocenters. The van der Waals surface area contributed by atoms with Crippen LogP contribution >= 0.6 is 0 Å². The van der Waals surface area contributed by atoms with Gasteiger partial charge in [0.2, 0.25) is 0 Å². The number of nitrogens with one attached hydrogen (secondary N) is 2. The van der Waals surface area contributed by atoms with E-state index in [0.717, 1.165) is 0 Å². The average molecular weight is 296 g/mol. The van der Waals surface area contributed by atoms with E-state index < -0.39 is 22.4 Å². The molecule has 1 aromatic carbocycles. The second-order valence-electron chi connectivity index (χ2n) is 5.04. The molecule has 0 saturated carbocycles. The number of fused-ring (bicyclic) bond motifs is 5. The van der Waals surface area contributed by atoms with E-state index in [4.69, 9.17) is 0 Å². The van der Waals surface area contributed by atoms with Gasteiger partial charge in [0, 0.05) is 35.0 Å². The highest BCUT2D eigenvalue weighted by Gasteiger charge is 2.55. The maximum Gasteiger partial charge on any atom is 0.322 e. The van der Waals surface area contributed by atoms with Crippen molar-refractivity contribution < 1.29 is 14.5 Å². The molecule has 2 aliphatic rings. The maximum absolute atomic E-state index is 12.4. The van der Waals surface area contributed by atoms with Crippen LogP contribution in [0, 0.1) is 10.1 Å². The van der Waals surface area contributed by atoms with E-state index in [9.17, 15) is 19.7 Å². The molecule has 1 saturated heterocycles. The molecule has 2 heterocycles. The van der Waals surface area contributed by atoms with Gasteiger partial charge in [-0.3, -0.25) is 25.2 Å². The number of amides is 3. The minimum Gasteiger partial charge on any atom is -0.316 e. The van der Waals surface area contributed by atoms with E-state index in [0.29, 0.717) is 22.4 Å². The zero-order valence-electron chi connectivity index (χ0n) is 11.0. The molecule has 8 nitrogen and oxygen atoms in total. The number of carbonyl (C=O) groups excluding carboxylic acids is 2. The number of nitrogens with zero attached hydrogens (tertiary/aromatic N) is 2. The molecule has 1 fully saturated rings. The molecule has 2 aromatic rings. The van der Waals surface area contributed by atoms with Gasteiger partial charge in [-0.2, -0.15) is 0 Å². The number of carbonyl (C=O) groups is 2. The van der Waals surface area contributed by atoms with Gasteiger partial charge in [0.05, 0.1) is 10.6 Å². The molecule has 0 bridgehead atoms. The third-order valence-corrected chi connectivity index (χ3v) is 3.95. The average Bonchev–Trinajstić information content (AvgIpc) is 2.96. The number of imide groups is 1. The van der Waals surface area contributed by atoms with Crippen molar-refractivity contribution in [2.24, 2.45) is 0 Å². The third kappa shape index (κ3) is 1.33. The van der Waals surface area contributed by atoms with Crippen LogP contribution < -0.4 is 10.6 Å². The van der Waals surface area contributed by atoms with Crippen molar-refractivity contribution >= 4 is 17.6 Å². The lowest BCUT2D eigenvalue weighted by atomic mass is 9.88. The summed E-state index contributed by atoms with van der Waals surface area (Å²) >= 11 is 0. The number of aromatic nitrogens is 1. The summed E-state index contributed by atoms with van der Waals surface area (Å²) in [5.74, 6) is -0.564. The van der Waals surface area contributed by atoms with Crippen LogP contribution in [0.1, 0.15) is 11.1 Å². The number of nitro benzene ring substituents is 1. The van der Waals surface area contributed by atoms with Gasteiger partial charge in [-0.15, -0.1) is 0 Å². The highest BCUT2D eigenvalue weighted by molar-refractivity contribution is 6.12. The van der Waals surface area contributed by atoms with Gasteiger partial charge < -0.3 is 5.32 Å². The number of urea groups is 1. The van der Waals surface area contributed by atoms with Gasteiger partial charge in [-0.05, 0) is 12.1 Å². The minimum absolute atomic E-state index is 0.153. The van der Waals surface area contributed by atoms with Gasteiger partial charge in [0.15, 0.2) is 5.54 Å². The summed E-state index contributed by atoms with van der Waals surface area (Å²) in [6.07, 6.45) is 1.57. The highest BCUT2D eigenvalue weighted by Crippen LogP contribution is 2.48. The van der Waals surface area contributed by atoms with Crippen molar-refractivity contribution in [1.82, 2.24) is 15.6 Å². The molecule has 1 spiro atoms. The SMILES string of the molecule is O=C1NC(=O)C2(N1)c1cc([N+](=O)[O-])ccc1-c1ncccc12. The zero-order chi connectivity index (χ0) is 15.5. The van der Waals surface area contributed by atoms with Crippen molar-refractivity contribution in [1.29, 1.82) is 0 Å². The number of hydrogen-bond donors (Lipinski definition) is 2. The van der Waals surface area contributed by atoms with Gasteiger partial charge >= 0.3 is 6.03 Å². The van der Waals surface area contributed by atoms with Crippen LogP contribution in [0.5, 0.6) is 0 Å². The summed E-state index contributed by atoms with van der Waals surface area (Å²) in [5, 5.41) is 15.8. The molecule has 8 heteroatoms. The first-order valence-corrected chi connectivity index (χ1v) is 6.42. The number of rotatable bonds is 1. The molecule has 1 aliphatic heterocycles. The Morgan fingerprint density at radius 3 is 2.68 bits per heavy atom. The smallest absolute Gasteiger partial charge is 0.316 e. The molecule has 1 atom stereocenters. The maximum atomic E-state index is 12.4. The predicted octanol–water partition coefficient (Wildman–Crippen LogP) is 1.05. The summed E-state index contributed by atoms with van der Waals surface area (Å²) < 4.78 is 0. The Kier molecular flexibility index (Phi) is 2.19. The summed E-state index contributed by atoms with van der Waals surface area (Å²) in [4.78, 5) is 38.8. The molecular formula is C14H8N4O4. The molecule has 1 aromatic heterocycles. The van der Waals surface area contributed by atoms with Crippen molar-refractivity contribution in [3.8, 4) is 11.3 Å². The number of hydrogen-bond acceptors (Lipinski definition) is 5.